The van der Waals surface area contributed by atoms with Gasteiger partial charge in [-0.25, -0.2) is 8.42 Å². The van der Waals surface area contributed by atoms with Gasteiger partial charge >= 0.3 is 0 Å². The van der Waals surface area contributed by atoms with Gasteiger partial charge in [0.25, 0.3) is 15.9 Å². The van der Waals surface area contributed by atoms with E-state index >= 15 is 0 Å². The standard InChI is InChI=1S/C23H24N2O5S/c1-15-12-21(29-3)22(13-16(15)2)31(27,28)24-18-9-8-17-6-4-10-25(19(17)14-18)23(26)20-7-5-11-30-20/h5,7-9,11-14,24H,4,6,10H2,1-3H3. The third kappa shape index (κ3) is 4.03. The molecule has 162 valence electrons. The molecule has 8 heteroatoms. The molecule has 2 heterocycles. The number of carbonyl (C=O) groups is 1. The van der Waals surface area contributed by atoms with Crippen LogP contribution in [0.25, 0.3) is 0 Å². The van der Waals surface area contributed by atoms with E-state index in [-0.39, 0.29) is 22.3 Å². The first kappa shape index (κ1) is 21.0. The minimum atomic E-state index is -3.90. The predicted octanol–water partition coefficient (Wildman–Crippen LogP) is 4.30. The Morgan fingerprint density at radius 3 is 2.61 bits per heavy atom. The van der Waals surface area contributed by atoms with Crippen LogP contribution in [0.15, 0.2) is 58.0 Å². The average Bonchev–Trinajstić information content (AvgIpc) is 3.29. The van der Waals surface area contributed by atoms with E-state index in [2.05, 4.69) is 4.72 Å². The van der Waals surface area contributed by atoms with Gasteiger partial charge in [-0.3, -0.25) is 9.52 Å². The summed E-state index contributed by atoms with van der Waals surface area (Å²) in [5.74, 6) is 0.281. The number of hydrogen-bond donors (Lipinski definition) is 1. The van der Waals surface area contributed by atoms with Crippen LogP contribution in [0, 0.1) is 13.8 Å². The molecule has 0 aliphatic carbocycles. The van der Waals surface area contributed by atoms with Crippen molar-refractivity contribution >= 4 is 27.3 Å². The Bertz CT molecular complexity index is 1230. The van der Waals surface area contributed by atoms with Gasteiger partial charge in [0.15, 0.2) is 5.76 Å². The van der Waals surface area contributed by atoms with E-state index in [4.69, 9.17) is 9.15 Å². The summed E-state index contributed by atoms with van der Waals surface area (Å²) in [6.45, 7) is 4.29. The summed E-state index contributed by atoms with van der Waals surface area (Å²) < 4.78 is 39.5. The Hall–Kier alpha value is -3.26. The third-order valence-corrected chi connectivity index (χ3v) is 6.91. The van der Waals surface area contributed by atoms with Gasteiger partial charge in [-0.2, -0.15) is 0 Å². The highest BCUT2D eigenvalue weighted by Gasteiger charge is 2.27. The molecule has 1 aliphatic heterocycles. The predicted molar refractivity (Wildman–Crippen MR) is 118 cm³/mol. The lowest BCUT2D eigenvalue weighted by molar-refractivity contribution is 0.0958. The molecule has 0 bridgehead atoms. The minimum Gasteiger partial charge on any atom is -0.495 e. The Kier molecular flexibility index (Phi) is 5.49. The maximum atomic E-state index is 13.1. The molecule has 0 atom stereocenters. The lowest BCUT2D eigenvalue weighted by Gasteiger charge is -2.29. The number of methoxy groups -OCH3 is 1. The van der Waals surface area contributed by atoms with Gasteiger partial charge in [-0.05, 0) is 79.8 Å². The van der Waals surface area contributed by atoms with Crippen LogP contribution in [0.5, 0.6) is 5.75 Å². The number of nitrogens with zero attached hydrogens (tertiary/aromatic N) is 1. The zero-order chi connectivity index (χ0) is 22.2. The van der Waals surface area contributed by atoms with Gasteiger partial charge in [0.05, 0.1) is 19.1 Å². The molecule has 1 aromatic heterocycles. The van der Waals surface area contributed by atoms with Crippen molar-refractivity contribution in [3.63, 3.8) is 0 Å². The Morgan fingerprint density at radius 2 is 1.90 bits per heavy atom. The number of ether oxygens (including phenoxy) is 1. The topological polar surface area (TPSA) is 88.9 Å². The van der Waals surface area contributed by atoms with Gasteiger partial charge < -0.3 is 14.1 Å². The molecule has 0 saturated heterocycles. The van der Waals surface area contributed by atoms with Crippen molar-refractivity contribution in [2.75, 3.05) is 23.3 Å². The first-order valence-corrected chi connectivity index (χ1v) is 11.4. The first-order chi connectivity index (χ1) is 14.8. The summed E-state index contributed by atoms with van der Waals surface area (Å²) in [5.41, 5.74) is 3.83. The van der Waals surface area contributed by atoms with Gasteiger partial charge in [0, 0.05) is 12.2 Å². The van der Waals surface area contributed by atoms with Crippen LogP contribution in [0.1, 0.15) is 33.7 Å². The fourth-order valence-electron chi connectivity index (χ4n) is 3.73. The summed E-state index contributed by atoms with van der Waals surface area (Å²) in [7, 11) is -2.46. The molecule has 1 amide bonds. The van der Waals surface area contributed by atoms with E-state index in [0.29, 0.717) is 17.9 Å². The van der Waals surface area contributed by atoms with Gasteiger partial charge in [-0.15, -0.1) is 0 Å². The van der Waals surface area contributed by atoms with E-state index in [1.165, 1.54) is 13.4 Å². The van der Waals surface area contributed by atoms with Gasteiger partial charge in [0.1, 0.15) is 10.6 Å². The number of fused-ring (bicyclic) bond motifs is 1. The number of furan rings is 1. The van der Waals surface area contributed by atoms with Crippen LogP contribution in [0.4, 0.5) is 11.4 Å². The minimum absolute atomic E-state index is 0.0688. The van der Waals surface area contributed by atoms with Crippen molar-refractivity contribution in [3.8, 4) is 5.75 Å². The number of aryl methyl sites for hydroxylation is 3. The van der Waals surface area contributed by atoms with E-state index in [1.54, 1.807) is 41.3 Å². The molecule has 7 nitrogen and oxygen atoms in total. The molecule has 1 aliphatic rings. The van der Waals surface area contributed by atoms with Crippen LogP contribution in [-0.4, -0.2) is 28.0 Å². The van der Waals surface area contributed by atoms with Gasteiger partial charge in [0.2, 0.25) is 0 Å². The summed E-state index contributed by atoms with van der Waals surface area (Å²) in [6.07, 6.45) is 3.10. The fraction of sp³-hybridized carbons (Fsp3) is 0.261. The molecule has 0 spiro atoms. The number of nitrogens with one attached hydrogen (secondary N) is 1. The molecule has 0 unspecified atom stereocenters. The van der Waals surface area contributed by atoms with Crippen LogP contribution >= 0.6 is 0 Å². The highest BCUT2D eigenvalue weighted by atomic mass is 32.2. The monoisotopic (exact) mass is 440 g/mol. The largest absolute Gasteiger partial charge is 0.495 e. The number of benzene rings is 2. The number of rotatable bonds is 5. The van der Waals surface area contributed by atoms with Crippen molar-refractivity contribution < 1.29 is 22.4 Å². The number of amides is 1. The maximum absolute atomic E-state index is 13.1. The molecule has 0 fully saturated rings. The van der Waals surface area contributed by atoms with E-state index in [0.717, 1.165) is 29.5 Å². The molecule has 4 rings (SSSR count). The lowest BCUT2D eigenvalue weighted by Crippen LogP contribution is -2.35. The summed E-state index contributed by atoms with van der Waals surface area (Å²) >= 11 is 0. The Balaban J connectivity index is 1.69. The molecule has 31 heavy (non-hydrogen) atoms. The van der Waals surface area contributed by atoms with E-state index < -0.39 is 10.0 Å². The maximum Gasteiger partial charge on any atom is 0.293 e. The van der Waals surface area contributed by atoms with Crippen molar-refractivity contribution in [2.24, 2.45) is 0 Å². The Morgan fingerprint density at radius 1 is 1.13 bits per heavy atom. The van der Waals surface area contributed by atoms with Crippen molar-refractivity contribution in [1.82, 2.24) is 0 Å². The van der Waals surface area contributed by atoms with E-state index in [9.17, 15) is 13.2 Å². The van der Waals surface area contributed by atoms with Crippen LogP contribution < -0.4 is 14.4 Å². The number of anilines is 2. The SMILES string of the molecule is COc1cc(C)c(C)cc1S(=O)(=O)Nc1ccc2c(c1)N(C(=O)c1ccco1)CCC2. The zero-order valence-electron chi connectivity index (χ0n) is 17.6. The smallest absolute Gasteiger partial charge is 0.293 e. The van der Waals surface area contributed by atoms with E-state index in [1.807, 2.05) is 19.9 Å². The van der Waals surface area contributed by atoms with Crippen LogP contribution in [0.2, 0.25) is 0 Å². The molecule has 0 saturated carbocycles. The fourth-order valence-corrected chi connectivity index (χ4v) is 5.01. The second kappa shape index (κ2) is 8.11. The normalized spacial score (nSPS) is 13.6. The second-order valence-electron chi connectivity index (χ2n) is 7.57. The third-order valence-electron chi connectivity index (χ3n) is 5.50. The zero-order valence-corrected chi connectivity index (χ0v) is 18.5. The lowest BCUT2D eigenvalue weighted by atomic mass is 10.0. The molecule has 1 N–H and O–H groups in total. The second-order valence-corrected chi connectivity index (χ2v) is 9.22. The van der Waals surface area contributed by atoms with Crippen LogP contribution in [-0.2, 0) is 16.4 Å². The molecule has 2 aromatic carbocycles. The number of carbonyl (C=O) groups excluding carboxylic acids is 1. The van der Waals surface area contributed by atoms with Crippen molar-refractivity contribution in [1.29, 1.82) is 0 Å². The summed E-state index contributed by atoms with van der Waals surface area (Å²) in [6, 6.07) is 11.9. The van der Waals surface area contributed by atoms with Crippen molar-refractivity contribution in [3.05, 3.63) is 71.2 Å². The highest BCUT2D eigenvalue weighted by molar-refractivity contribution is 7.92. The first-order valence-electron chi connectivity index (χ1n) is 9.96. The molecular weight excluding hydrogens is 416 g/mol. The highest BCUT2D eigenvalue weighted by Crippen LogP contribution is 2.33. The van der Waals surface area contributed by atoms with Crippen LogP contribution in [0.3, 0.4) is 0 Å². The number of hydrogen-bond acceptors (Lipinski definition) is 5. The molecule has 3 aromatic rings. The average molecular weight is 441 g/mol. The Labute approximate surface area is 181 Å². The summed E-state index contributed by atoms with van der Waals surface area (Å²) in [5, 5.41) is 0. The molecular formula is C23H24N2O5S. The molecule has 0 radical (unpaired) electrons. The van der Waals surface area contributed by atoms with Gasteiger partial charge in [-0.1, -0.05) is 6.07 Å². The number of sulfonamides is 1. The van der Waals surface area contributed by atoms with Crippen molar-refractivity contribution in [2.45, 2.75) is 31.6 Å². The summed E-state index contributed by atoms with van der Waals surface area (Å²) in [4.78, 5) is 14.6. The quantitative estimate of drug-likeness (QED) is 0.639.